The molecule has 6 nitrogen and oxygen atoms in total. The summed E-state index contributed by atoms with van der Waals surface area (Å²) >= 11 is 0. The van der Waals surface area contributed by atoms with Crippen LogP contribution in [-0.4, -0.2) is 41.4 Å². The van der Waals surface area contributed by atoms with E-state index in [1.165, 1.54) is 11.6 Å². The molecule has 4 rings (SSSR count). The van der Waals surface area contributed by atoms with E-state index in [1.807, 2.05) is 24.3 Å². The Kier molecular flexibility index (Phi) is 5.55. The number of halogens is 1. The van der Waals surface area contributed by atoms with E-state index in [0.717, 1.165) is 5.69 Å². The molecule has 7 heteroatoms. The van der Waals surface area contributed by atoms with Gasteiger partial charge in [0, 0.05) is 31.9 Å². The smallest absolute Gasteiger partial charge is 0.247 e. The molecule has 1 fully saturated rings. The summed E-state index contributed by atoms with van der Waals surface area (Å²) in [5.74, 6) is 1.55. The van der Waals surface area contributed by atoms with Crippen LogP contribution in [0.5, 0.6) is 0 Å². The predicted octanol–water partition coefficient (Wildman–Crippen LogP) is 4.20. The zero-order valence-corrected chi connectivity index (χ0v) is 16.7. The van der Waals surface area contributed by atoms with Crippen molar-refractivity contribution in [3.63, 3.8) is 0 Å². The van der Waals surface area contributed by atoms with Crippen molar-refractivity contribution in [2.45, 2.75) is 19.8 Å². The third-order valence-electron chi connectivity index (χ3n) is 5.15. The molecule has 3 aromatic rings. The summed E-state index contributed by atoms with van der Waals surface area (Å²) in [6.07, 6.45) is 1.62. The van der Waals surface area contributed by atoms with Crippen molar-refractivity contribution in [2.24, 2.45) is 0 Å². The summed E-state index contributed by atoms with van der Waals surface area (Å²) in [6, 6.07) is 15.2. The molecule has 0 unspecified atom stereocenters. The molecular weight excluding hydrogens is 367 g/mol. The maximum Gasteiger partial charge on any atom is 0.247 e. The highest BCUT2D eigenvalue weighted by molar-refractivity contribution is 5.57. The van der Waals surface area contributed by atoms with Gasteiger partial charge in [-0.05, 0) is 35.7 Å². The lowest BCUT2D eigenvalue weighted by molar-refractivity contribution is 0.592. The van der Waals surface area contributed by atoms with E-state index in [-0.39, 0.29) is 5.82 Å². The number of anilines is 4. The lowest BCUT2D eigenvalue weighted by atomic mass is 10.0. The maximum absolute atomic E-state index is 14.0. The van der Waals surface area contributed by atoms with E-state index >= 15 is 0 Å². The van der Waals surface area contributed by atoms with Gasteiger partial charge in [0.25, 0.3) is 0 Å². The minimum absolute atomic E-state index is 0.187. The van der Waals surface area contributed by atoms with E-state index < -0.39 is 0 Å². The van der Waals surface area contributed by atoms with E-state index in [2.05, 4.69) is 56.3 Å². The number of hydrogen-bond donors (Lipinski definition) is 1. The lowest BCUT2D eigenvalue weighted by Crippen LogP contribution is -2.47. The standard InChI is InChI=1S/C22H25FN6/c1-16(2)17-7-9-18(10-8-17)25-21-15-24-27-22(26-21)29-13-11-28(12-14-29)20-6-4-3-5-19(20)23/h3-10,15-16H,11-14H2,1-2H3,(H,25,26,27). The van der Waals surface area contributed by atoms with Crippen LogP contribution in [0, 0.1) is 5.82 Å². The molecule has 2 heterocycles. The van der Waals surface area contributed by atoms with Crippen molar-refractivity contribution in [3.05, 3.63) is 66.1 Å². The van der Waals surface area contributed by atoms with Crippen LogP contribution in [0.1, 0.15) is 25.3 Å². The number of hydrogen-bond acceptors (Lipinski definition) is 6. The molecule has 0 aliphatic carbocycles. The number of benzene rings is 2. The summed E-state index contributed by atoms with van der Waals surface area (Å²) in [4.78, 5) is 8.75. The molecule has 0 radical (unpaired) electrons. The van der Waals surface area contributed by atoms with Gasteiger partial charge in [-0.3, -0.25) is 0 Å². The topological polar surface area (TPSA) is 57.2 Å². The number of nitrogens with one attached hydrogen (secondary N) is 1. The molecule has 150 valence electrons. The second kappa shape index (κ2) is 8.43. The van der Waals surface area contributed by atoms with Crippen molar-refractivity contribution >= 4 is 23.1 Å². The van der Waals surface area contributed by atoms with Gasteiger partial charge in [0.1, 0.15) is 5.82 Å². The first-order valence-corrected chi connectivity index (χ1v) is 9.91. The Hall–Kier alpha value is -3.22. The molecule has 0 saturated carbocycles. The average molecular weight is 392 g/mol. The number of para-hydroxylation sites is 1. The van der Waals surface area contributed by atoms with E-state index in [1.54, 1.807) is 12.3 Å². The second-order valence-corrected chi connectivity index (χ2v) is 7.47. The van der Waals surface area contributed by atoms with E-state index in [0.29, 0.717) is 49.6 Å². The summed E-state index contributed by atoms with van der Waals surface area (Å²) < 4.78 is 14.0. The third kappa shape index (κ3) is 4.45. The molecule has 1 saturated heterocycles. The predicted molar refractivity (Wildman–Crippen MR) is 114 cm³/mol. The Balaban J connectivity index is 1.41. The second-order valence-electron chi connectivity index (χ2n) is 7.47. The first-order valence-electron chi connectivity index (χ1n) is 9.91. The molecule has 0 bridgehead atoms. The minimum Gasteiger partial charge on any atom is -0.366 e. The van der Waals surface area contributed by atoms with Gasteiger partial charge < -0.3 is 15.1 Å². The average Bonchev–Trinajstić information content (AvgIpc) is 2.75. The Morgan fingerprint density at radius 3 is 2.31 bits per heavy atom. The van der Waals surface area contributed by atoms with Crippen LogP contribution >= 0.6 is 0 Å². The Labute approximate surface area is 170 Å². The highest BCUT2D eigenvalue weighted by Crippen LogP contribution is 2.23. The Morgan fingerprint density at radius 1 is 0.931 bits per heavy atom. The van der Waals surface area contributed by atoms with Crippen molar-refractivity contribution in [1.82, 2.24) is 15.2 Å². The first-order chi connectivity index (χ1) is 14.1. The Morgan fingerprint density at radius 2 is 1.62 bits per heavy atom. The molecule has 0 spiro atoms. The van der Waals surface area contributed by atoms with Crippen LogP contribution < -0.4 is 15.1 Å². The van der Waals surface area contributed by atoms with E-state index in [4.69, 9.17) is 0 Å². The third-order valence-corrected chi connectivity index (χ3v) is 5.15. The number of rotatable bonds is 5. The minimum atomic E-state index is -0.187. The van der Waals surface area contributed by atoms with Gasteiger partial charge in [0.15, 0.2) is 5.82 Å². The summed E-state index contributed by atoms with van der Waals surface area (Å²) in [5, 5.41) is 11.6. The highest BCUT2D eigenvalue weighted by Gasteiger charge is 2.21. The van der Waals surface area contributed by atoms with Crippen molar-refractivity contribution in [3.8, 4) is 0 Å². The van der Waals surface area contributed by atoms with Gasteiger partial charge in [-0.25, -0.2) is 4.39 Å². The first kappa shape index (κ1) is 19.1. The maximum atomic E-state index is 14.0. The van der Waals surface area contributed by atoms with Gasteiger partial charge in [-0.15, -0.1) is 5.10 Å². The van der Waals surface area contributed by atoms with Gasteiger partial charge in [0.2, 0.25) is 5.95 Å². The van der Waals surface area contributed by atoms with Gasteiger partial charge in [-0.1, -0.05) is 38.1 Å². The normalized spacial score (nSPS) is 14.3. The fourth-order valence-electron chi connectivity index (χ4n) is 3.44. The van der Waals surface area contributed by atoms with Gasteiger partial charge >= 0.3 is 0 Å². The molecule has 29 heavy (non-hydrogen) atoms. The number of piperazine rings is 1. The quantitative estimate of drug-likeness (QED) is 0.702. The summed E-state index contributed by atoms with van der Waals surface area (Å²) in [5.41, 5.74) is 2.90. The summed E-state index contributed by atoms with van der Waals surface area (Å²) in [7, 11) is 0. The molecule has 1 aliphatic heterocycles. The number of nitrogens with zero attached hydrogens (tertiary/aromatic N) is 5. The molecule has 0 atom stereocenters. The van der Waals surface area contributed by atoms with Crippen LogP contribution in [0.15, 0.2) is 54.7 Å². The zero-order chi connectivity index (χ0) is 20.2. The molecule has 1 N–H and O–H groups in total. The zero-order valence-electron chi connectivity index (χ0n) is 16.7. The number of aromatic nitrogens is 3. The fourth-order valence-corrected chi connectivity index (χ4v) is 3.44. The molecule has 0 amide bonds. The summed E-state index contributed by atoms with van der Waals surface area (Å²) in [6.45, 7) is 7.19. The highest BCUT2D eigenvalue weighted by atomic mass is 19.1. The SMILES string of the molecule is CC(C)c1ccc(Nc2cnnc(N3CCN(c4ccccc4F)CC3)n2)cc1. The van der Waals surface area contributed by atoms with Gasteiger partial charge in [-0.2, -0.15) is 10.1 Å². The lowest BCUT2D eigenvalue weighted by Gasteiger charge is -2.36. The molecular formula is C22H25FN6. The fraction of sp³-hybridized carbons (Fsp3) is 0.318. The van der Waals surface area contributed by atoms with Crippen molar-refractivity contribution in [2.75, 3.05) is 41.3 Å². The van der Waals surface area contributed by atoms with Crippen LogP contribution in [0.4, 0.5) is 27.5 Å². The molecule has 2 aromatic carbocycles. The van der Waals surface area contributed by atoms with Crippen LogP contribution in [0.3, 0.4) is 0 Å². The monoisotopic (exact) mass is 392 g/mol. The van der Waals surface area contributed by atoms with Gasteiger partial charge in [0.05, 0.1) is 11.9 Å². The van der Waals surface area contributed by atoms with Crippen molar-refractivity contribution in [1.29, 1.82) is 0 Å². The van der Waals surface area contributed by atoms with Crippen LogP contribution in [-0.2, 0) is 0 Å². The van der Waals surface area contributed by atoms with E-state index in [9.17, 15) is 4.39 Å². The van der Waals surface area contributed by atoms with Crippen LogP contribution in [0.25, 0.3) is 0 Å². The largest absolute Gasteiger partial charge is 0.366 e. The Bertz CT molecular complexity index is 952. The van der Waals surface area contributed by atoms with Crippen molar-refractivity contribution < 1.29 is 4.39 Å². The van der Waals surface area contributed by atoms with Crippen LogP contribution in [0.2, 0.25) is 0 Å². The molecule has 1 aromatic heterocycles. The molecule has 1 aliphatic rings.